The molecule has 0 bridgehead atoms. The van der Waals surface area contributed by atoms with E-state index in [1.54, 1.807) is 48.5 Å². The number of amides is 1. The zero-order valence-electron chi connectivity index (χ0n) is 17.6. The highest BCUT2D eigenvalue weighted by molar-refractivity contribution is 7.92. The van der Waals surface area contributed by atoms with Gasteiger partial charge in [0.05, 0.1) is 17.7 Å². The minimum absolute atomic E-state index is 0.0368. The SMILES string of the molecule is COc1ccccc1N(CCC(=O)NC1CCCCC1)S(=O)(=O)c1ccc(C)cc1. The number of carbonyl (C=O) groups excluding carboxylic acids is 1. The highest BCUT2D eigenvalue weighted by Crippen LogP contribution is 2.32. The summed E-state index contributed by atoms with van der Waals surface area (Å²) in [7, 11) is -2.35. The number of hydrogen-bond donors (Lipinski definition) is 1. The summed E-state index contributed by atoms with van der Waals surface area (Å²) >= 11 is 0. The molecule has 0 spiro atoms. The molecule has 1 fully saturated rings. The second kappa shape index (κ2) is 9.98. The second-order valence-electron chi connectivity index (χ2n) is 7.71. The normalized spacial score (nSPS) is 14.9. The van der Waals surface area contributed by atoms with Crippen LogP contribution in [0, 0.1) is 6.92 Å². The van der Waals surface area contributed by atoms with Crippen molar-refractivity contribution in [2.75, 3.05) is 18.0 Å². The summed E-state index contributed by atoms with van der Waals surface area (Å²) in [5, 5.41) is 3.06. The summed E-state index contributed by atoms with van der Waals surface area (Å²) in [6.45, 7) is 1.94. The monoisotopic (exact) mass is 430 g/mol. The van der Waals surface area contributed by atoms with Crippen molar-refractivity contribution in [3.63, 3.8) is 0 Å². The van der Waals surface area contributed by atoms with E-state index < -0.39 is 10.0 Å². The van der Waals surface area contributed by atoms with Crippen molar-refractivity contribution in [3.8, 4) is 5.75 Å². The summed E-state index contributed by atoms with van der Waals surface area (Å²) in [4.78, 5) is 12.7. The van der Waals surface area contributed by atoms with Gasteiger partial charge in [0.15, 0.2) is 0 Å². The fraction of sp³-hybridized carbons (Fsp3) is 0.435. The zero-order chi connectivity index (χ0) is 21.6. The highest BCUT2D eigenvalue weighted by atomic mass is 32.2. The van der Waals surface area contributed by atoms with Crippen LogP contribution in [0.4, 0.5) is 5.69 Å². The lowest BCUT2D eigenvalue weighted by Gasteiger charge is -2.27. The molecule has 7 heteroatoms. The molecule has 0 radical (unpaired) electrons. The van der Waals surface area contributed by atoms with E-state index in [0.717, 1.165) is 31.2 Å². The van der Waals surface area contributed by atoms with Gasteiger partial charge in [0.2, 0.25) is 5.91 Å². The Hall–Kier alpha value is -2.54. The maximum Gasteiger partial charge on any atom is 0.264 e. The van der Waals surface area contributed by atoms with Gasteiger partial charge in [-0.2, -0.15) is 0 Å². The molecule has 0 atom stereocenters. The molecule has 0 aliphatic heterocycles. The molecule has 0 aromatic heterocycles. The van der Waals surface area contributed by atoms with E-state index in [9.17, 15) is 13.2 Å². The van der Waals surface area contributed by atoms with Crippen molar-refractivity contribution >= 4 is 21.6 Å². The van der Waals surface area contributed by atoms with Gasteiger partial charge >= 0.3 is 0 Å². The first-order valence-corrected chi connectivity index (χ1v) is 11.9. The second-order valence-corrected chi connectivity index (χ2v) is 9.58. The number of carbonyl (C=O) groups is 1. The summed E-state index contributed by atoms with van der Waals surface area (Å²) in [5.41, 5.74) is 1.40. The lowest BCUT2D eigenvalue weighted by molar-refractivity contribution is -0.121. The number of rotatable bonds is 8. The van der Waals surface area contributed by atoms with Crippen LogP contribution in [0.5, 0.6) is 5.75 Å². The van der Waals surface area contributed by atoms with Gasteiger partial charge in [0.25, 0.3) is 10.0 Å². The smallest absolute Gasteiger partial charge is 0.264 e. The first-order valence-electron chi connectivity index (χ1n) is 10.4. The van der Waals surface area contributed by atoms with Crippen molar-refractivity contribution in [1.82, 2.24) is 5.32 Å². The predicted molar refractivity (Wildman–Crippen MR) is 118 cm³/mol. The van der Waals surface area contributed by atoms with Gasteiger partial charge in [-0.1, -0.05) is 49.1 Å². The molecule has 1 saturated carbocycles. The molecule has 3 rings (SSSR count). The van der Waals surface area contributed by atoms with Gasteiger partial charge < -0.3 is 10.1 Å². The van der Waals surface area contributed by atoms with E-state index in [1.165, 1.54) is 17.8 Å². The minimum Gasteiger partial charge on any atom is -0.495 e. The third-order valence-electron chi connectivity index (χ3n) is 5.48. The molecular weight excluding hydrogens is 400 g/mol. The number of aryl methyl sites for hydroxylation is 1. The molecule has 1 amide bonds. The summed E-state index contributed by atoms with van der Waals surface area (Å²) in [5.74, 6) is 0.321. The number of hydrogen-bond acceptors (Lipinski definition) is 4. The Bertz CT molecular complexity index is 951. The van der Waals surface area contributed by atoms with Crippen LogP contribution >= 0.6 is 0 Å². The van der Waals surface area contributed by atoms with Crippen molar-refractivity contribution in [2.24, 2.45) is 0 Å². The van der Waals surface area contributed by atoms with Crippen LogP contribution in [0.3, 0.4) is 0 Å². The van der Waals surface area contributed by atoms with Crippen molar-refractivity contribution in [1.29, 1.82) is 0 Å². The van der Waals surface area contributed by atoms with Crippen LogP contribution in [-0.4, -0.2) is 34.0 Å². The molecule has 1 N–H and O–H groups in total. The number of para-hydroxylation sites is 2. The largest absolute Gasteiger partial charge is 0.495 e. The number of sulfonamides is 1. The Labute approximate surface area is 179 Å². The molecule has 162 valence electrons. The van der Waals surface area contributed by atoms with Crippen LogP contribution in [0.2, 0.25) is 0 Å². The predicted octanol–water partition coefficient (Wildman–Crippen LogP) is 4.04. The van der Waals surface area contributed by atoms with Gasteiger partial charge in [0.1, 0.15) is 5.75 Å². The first kappa shape index (κ1) is 22.2. The average Bonchev–Trinajstić information content (AvgIpc) is 2.75. The van der Waals surface area contributed by atoms with Gasteiger partial charge in [-0.3, -0.25) is 9.10 Å². The fourth-order valence-corrected chi connectivity index (χ4v) is 5.27. The van der Waals surface area contributed by atoms with Crippen LogP contribution in [0.15, 0.2) is 53.4 Å². The third-order valence-corrected chi connectivity index (χ3v) is 7.30. The van der Waals surface area contributed by atoms with Gasteiger partial charge in [-0.25, -0.2) is 8.42 Å². The third kappa shape index (κ3) is 5.33. The lowest BCUT2D eigenvalue weighted by atomic mass is 9.95. The maximum absolute atomic E-state index is 13.5. The van der Waals surface area contributed by atoms with E-state index in [0.29, 0.717) is 11.4 Å². The van der Waals surface area contributed by atoms with Crippen LogP contribution in [0.25, 0.3) is 0 Å². The molecule has 1 aliphatic carbocycles. The van der Waals surface area contributed by atoms with Crippen molar-refractivity contribution in [3.05, 3.63) is 54.1 Å². The van der Waals surface area contributed by atoms with E-state index >= 15 is 0 Å². The molecule has 0 unspecified atom stereocenters. The zero-order valence-corrected chi connectivity index (χ0v) is 18.5. The molecule has 2 aromatic rings. The van der Waals surface area contributed by atoms with E-state index in [4.69, 9.17) is 4.74 Å². The quantitative estimate of drug-likeness (QED) is 0.686. The first-order chi connectivity index (χ1) is 14.4. The van der Waals surface area contributed by atoms with E-state index in [2.05, 4.69) is 5.32 Å². The summed E-state index contributed by atoms with van der Waals surface area (Å²) in [6, 6.07) is 13.9. The number of methoxy groups -OCH3 is 1. The van der Waals surface area contributed by atoms with Crippen LogP contribution < -0.4 is 14.4 Å². The number of anilines is 1. The molecule has 30 heavy (non-hydrogen) atoms. The lowest BCUT2D eigenvalue weighted by Crippen LogP contribution is -2.39. The molecule has 0 saturated heterocycles. The van der Waals surface area contributed by atoms with Gasteiger partial charge in [-0.15, -0.1) is 0 Å². The minimum atomic E-state index is -3.86. The summed E-state index contributed by atoms with van der Waals surface area (Å²) in [6.07, 6.45) is 5.52. The molecule has 6 nitrogen and oxygen atoms in total. The Morgan fingerprint density at radius 1 is 1.07 bits per heavy atom. The van der Waals surface area contributed by atoms with Crippen molar-refractivity contribution in [2.45, 2.75) is 56.4 Å². The maximum atomic E-state index is 13.5. The topological polar surface area (TPSA) is 75.7 Å². The number of nitrogens with one attached hydrogen (secondary N) is 1. The Morgan fingerprint density at radius 3 is 2.40 bits per heavy atom. The summed E-state index contributed by atoms with van der Waals surface area (Å²) < 4.78 is 33.6. The number of ether oxygens (including phenoxy) is 1. The number of nitrogens with zero attached hydrogens (tertiary/aromatic N) is 1. The van der Waals surface area contributed by atoms with Crippen LogP contribution in [-0.2, 0) is 14.8 Å². The standard InChI is InChI=1S/C23H30N2O4S/c1-18-12-14-20(15-13-18)30(27,28)25(21-10-6-7-11-22(21)29-2)17-16-23(26)24-19-8-4-3-5-9-19/h6-7,10-15,19H,3-5,8-9,16-17H2,1-2H3,(H,24,26). The van der Waals surface area contributed by atoms with Crippen molar-refractivity contribution < 1.29 is 17.9 Å². The molecule has 1 aliphatic rings. The van der Waals surface area contributed by atoms with E-state index in [-0.39, 0.29) is 29.8 Å². The Kier molecular flexibility index (Phi) is 7.37. The van der Waals surface area contributed by atoms with Gasteiger partial charge in [-0.05, 0) is 44.0 Å². The number of benzene rings is 2. The Morgan fingerprint density at radius 2 is 1.73 bits per heavy atom. The molecular formula is C23H30N2O4S. The van der Waals surface area contributed by atoms with E-state index in [1.807, 2.05) is 6.92 Å². The van der Waals surface area contributed by atoms with Gasteiger partial charge in [0, 0.05) is 19.0 Å². The molecule has 0 heterocycles. The van der Waals surface area contributed by atoms with Crippen LogP contribution in [0.1, 0.15) is 44.1 Å². The highest BCUT2D eigenvalue weighted by Gasteiger charge is 2.28. The molecule has 2 aromatic carbocycles. The Balaban J connectivity index is 1.84. The average molecular weight is 431 g/mol. The fourth-order valence-electron chi connectivity index (χ4n) is 3.79.